The van der Waals surface area contributed by atoms with Gasteiger partial charge in [-0.2, -0.15) is 0 Å². The summed E-state index contributed by atoms with van der Waals surface area (Å²) in [6.45, 7) is 2.61. The highest BCUT2D eigenvalue weighted by Crippen LogP contribution is 2.23. The van der Waals surface area contributed by atoms with Crippen LogP contribution in [0.25, 0.3) is 0 Å². The van der Waals surface area contributed by atoms with Crippen molar-refractivity contribution in [1.29, 1.82) is 0 Å². The molecule has 0 aromatic carbocycles. The lowest BCUT2D eigenvalue weighted by atomic mass is 10.1. The highest BCUT2D eigenvalue weighted by atomic mass is 35.5. The van der Waals surface area contributed by atoms with Gasteiger partial charge in [0.05, 0.1) is 0 Å². The molecule has 1 heterocycles. The van der Waals surface area contributed by atoms with Crippen molar-refractivity contribution in [3.05, 3.63) is 28.5 Å². The fraction of sp³-hybridized carbons (Fsp3) is 0.538. The van der Waals surface area contributed by atoms with Gasteiger partial charge in [0.15, 0.2) is 0 Å². The lowest BCUT2D eigenvalue weighted by Gasteiger charge is -2.10. The van der Waals surface area contributed by atoms with E-state index in [0.717, 1.165) is 12.2 Å². The first-order valence-electron chi connectivity index (χ1n) is 6.07. The van der Waals surface area contributed by atoms with Crippen molar-refractivity contribution in [1.82, 2.24) is 10.3 Å². The summed E-state index contributed by atoms with van der Waals surface area (Å²) in [5.74, 6) is 0.599. The van der Waals surface area contributed by atoms with Gasteiger partial charge in [0.25, 0.3) is 5.91 Å². The van der Waals surface area contributed by atoms with Crippen LogP contribution in [0.5, 0.6) is 0 Å². The van der Waals surface area contributed by atoms with Gasteiger partial charge in [-0.3, -0.25) is 4.79 Å². The molecule has 1 fully saturated rings. The third-order valence-electron chi connectivity index (χ3n) is 3.21. The highest BCUT2D eigenvalue weighted by Gasteiger charge is 2.16. The maximum atomic E-state index is 11.9. The van der Waals surface area contributed by atoms with Gasteiger partial charge in [-0.1, -0.05) is 24.4 Å². The van der Waals surface area contributed by atoms with E-state index in [1.165, 1.54) is 25.7 Å². The number of amides is 1. The number of rotatable bonds is 3. The van der Waals surface area contributed by atoms with Gasteiger partial charge < -0.3 is 5.32 Å². The van der Waals surface area contributed by atoms with Crippen LogP contribution in [0.4, 0.5) is 0 Å². The smallest absolute Gasteiger partial charge is 0.251 e. The molecule has 2 rings (SSSR count). The summed E-state index contributed by atoms with van der Waals surface area (Å²) < 4.78 is 0. The third-order valence-corrected chi connectivity index (χ3v) is 3.40. The van der Waals surface area contributed by atoms with Crippen LogP contribution in [0.15, 0.2) is 12.1 Å². The van der Waals surface area contributed by atoms with E-state index in [-0.39, 0.29) is 5.91 Å². The first-order chi connectivity index (χ1) is 8.15. The van der Waals surface area contributed by atoms with Crippen molar-refractivity contribution in [2.45, 2.75) is 32.6 Å². The Labute approximate surface area is 107 Å². The van der Waals surface area contributed by atoms with Crippen molar-refractivity contribution >= 4 is 17.5 Å². The molecule has 0 saturated heterocycles. The van der Waals surface area contributed by atoms with Crippen molar-refractivity contribution in [3.63, 3.8) is 0 Å². The van der Waals surface area contributed by atoms with Crippen molar-refractivity contribution in [2.24, 2.45) is 5.92 Å². The van der Waals surface area contributed by atoms with E-state index in [1.807, 2.05) is 6.92 Å². The molecule has 0 unspecified atom stereocenters. The van der Waals surface area contributed by atoms with Crippen LogP contribution >= 0.6 is 11.6 Å². The molecule has 1 aliphatic carbocycles. The average Bonchev–Trinajstić information content (AvgIpc) is 2.77. The topological polar surface area (TPSA) is 42.0 Å². The molecule has 92 valence electrons. The second kappa shape index (κ2) is 5.50. The molecule has 3 nitrogen and oxygen atoms in total. The molecule has 1 saturated carbocycles. The molecular formula is C13H17ClN2O. The molecule has 1 aromatic rings. The molecule has 17 heavy (non-hydrogen) atoms. The number of hydrogen-bond donors (Lipinski definition) is 1. The van der Waals surface area contributed by atoms with E-state index in [9.17, 15) is 4.79 Å². The van der Waals surface area contributed by atoms with Gasteiger partial charge in [0.1, 0.15) is 5.15 Å². The Morgan fingerprint density at radius 1 is 1.47 bits per heavy atom. The molecule has 4 heteroatoms. The molecule has 1 aliphatic rings. The van der Waals surface area contributed by atoms with Gasteiger partial charge in [-0.25, -0.2) is 4.98 Å². The minimum Gasteiger partial charge on any atom is -0.352 e. The number of carbonyl (C=O) groups is 1. The van der Waals surface area contributed by atoms with Crippen LogP contribution in [0, 0.1) is 12.8 Å². The molecule has 0 atom stereocenters. The van der Waals surface area contributed by atoms with Crippen LogP contribution in [0.3, 0.4) is 0 Å². The molecule has 1 amide bonds. The predicted molar refractivity (Wildman–Crippen MR) is 68.3 cm³/mol. The Bertz CT molecular complexity index is 394. The van der Waals surface area contributed by atoms with E-state index in [4.69, 9.17) is 11.6 Å². The minimum atomic E-state index is -0.0516. The normalized spacial score (nSPS) is 16.1. The van der Waals surface area contributed by atoms with E-state index < -0.39 is 0 Å². The molecule has 0 radical (unpaired) electrons. The fourth-order valence-corrected chi connectivity index (χ4v) is 2.56. The average molecular weight is 253 g/mol. The van der Waals surface area contributed by atoms with Gasteiger partial charge in [0, 0.05) is 17.8 Å². The Kier molecular flexibility index (Phi) is 4.00. The summed E-state index contributed by atoms with van der Waals surface area (Å²) in [5, 5.41) is 3.34. The van der Waals surface area contributed by atoms with Gasteiger partial charge in [-0.05, 0) is 37.8 Å². The predicted octanol–water partition coefficient (Wildman–Crippen LogP) is 2.96. The number of nitrogens with one attached hydrogen (secondary N) is 1. The molecule has 1 N–H and O–H groups in total. The quantitative estimate of drug-likeness (QED) is 0.841. The SMILES string of the molecule is Cc1cc(C(=O)NCC2CCCC2)cc(Cl)n1. The molecule has 0 aliphatic heterocycles. The largest absolute Gasteiger partial charge is 0.352 e. The van der Waals surface area contributed by atoms with Crippen LogP contribution in [0.2, 0.25) is 5.15 Å². The zero-order chi connectivity index (χ0) is 12.3. The Morgan fingerprint density at radius 3 is 2.82 bits per heavy atom. The maximum absolute atomic E-state index is 11.9. The number of hydrogen-bond acceptors (Lipinski definition) is 2. The van der Waals surface area contributed by atoms with Gasteiger partial charge in [-0.15, -0.1) is 0 Å². The number of pyridine rings is 1. The summed E-state index contributed by atoms with van der Waals surface area (Å²) in [4.78, 5) is 15.9. The van der Waals surface area contributed by atoms with Gasteiger partial charge >= 0.3 is 0 Å². The molecular weight excluding hydrogens is 236 g/mol. The van der Waals surface area contributed by atoms with Gasteiger partial charge in [0.2, 0.25) is 0 Å². The second-order valence-electron chi connectivity index (χ2n) is 4.68. The fourth-order valence-electron chi connectivity index (χ4n) is 2.31. The lowest BCUT2D eigenvalue weighted by molar-refractivity contribution is 0.0947. The monoisotopic (exact) mass is 252 g/mol. The lowest BCUT2D eigenvalue weighted by Crippen LogP contribution is -2.28. The second-order valence-corrected chi connectivity index (χ2v) is 5.07. The first-order valence-corrected chi connectivity index (χ1v) is 6.45. The number of aryl methyl sites for hydroxylation is 1. The number of carbonyl (C=O) groups excluding carboxylic acids is 1. The van der Waals surface area contributed by atoms with Crippen molar-refractivity contribution < 1.29 is 4.79 Å². The summed E-state index contributed by atoms with van der Waals surface area (Å²) in [7, 11) is 0. The number of halogens is 1. The Morgan fingerprint density at radius 2 is 2.18 bits per heavy atom. The minimum absolute atomic E-state index is 0.0516. The van der Waals surface area contributed by atoms with E-state index >= 15 is 0 Å². The first kappa shape index (κ1) is 12.4. The summed E-state index contributed by atoms with van der Waals surface area (Å²) in [6.07, 6.45) is 5.05. The van der Waals surface area contributed by atoms with E-state index in [1.54, 1.807) is 12.1 Å². The zero-order valence-corrected chi connectivity index (χ0v) is 10.8. The molecule has 0 spiro atoms. The maximum Gasteiger partial charge on any atom is 0.251 e. The Balaban J connectivity index is 1.94. The summed E-state index contributed by atoms with van der Waals surface area (Å²) >= 11 is 5.83. The Hall–Kier alpha value is -1.09. The molecule has 1 aromatic heterocycles. The van der Waals surface area contributed by atoms with E-state index in [2.05, 4.69) is 10.3 Å². The van der Waals surface area contributed by atoms with Crippen molar-refractivity contribution in [3.8, 4) is 0 Å². The standard InChI is InChI=1S/C13H17ClN2O/c1-9-6-11(7-12(14)16-9)13(17)15-8-10-4-2-3-5-10/h6-7,10H,2-5,8H2,1H3,(H,15,17). The van der Waals surface area contributed by atoms with Crippen molar-refractivity contribution in [2.75, 3.05) is 6.54 Å². The molecule has 0 bridgehead atoms. The van der Waals surface area contributed by atoms with E-state index in [0.29, 0.717) is 16.6 Å². The van der Waals surface area contributed by atoms with Crippen LogP contribution < -0.4 is 5.32 Å². The van der Waals surface area contributed by atoms with Crippen LogP contribution in [0.1, 0.15) is 41.7 Å². The van der Waals surface area contributed by atoms with Crippen LogP contribution in [-0.4, -0.2) is 17.4 Å². The summed E-state index contributed by atoms with van der Waals surface area (Å²) in [6, 6.07) is 3.37. The summed E-state index contributed by atoms with van der Waals surface area (Å²) in [5.41, 5.74) is 1.36. The number of aromatic nitrogens is 1. The zero-order valence-electron chi connectivity index (χ0n) is 10.0. The highest BCUT2D eigenvalue weighted by molar-refractivity contribution is 6.29. The number of nitrogens with zero attached hydrogens (tertiary/aromatic N) is 1. The van der Waals surface area contributed by atoms with Crippen LogP contribution in [-0.2, 0) is 0 Å². The third kappa shape index (κ3) is 3.43.